The van der Waals surface area contributed by atoms with Crippen LogP contribution in [-0.2, 0) is 0 Å². The SMILES string of the molecule is Cc1cnccc1C(N)c1cccc(F)c1F. The Bertz CT molecular complexity index is 541. The fraction of sp³-hybridized carbons (Fsp3) is 0.154. The van der Waals surface area contributed by atoms with E-state index in [9.17, 15) is 8.78 Å². The van der Waals surface area contributed by atoms with Crippen molar-refractivity contribution in [2.45, 2.75) is 13.0 Å². The number of aromatic nitrogens is 1. The van der Waals surface area contributed by atoms with Crippen molar-refractivity contribution >= 4 is 0 Å². The molecule has 2 N–H and O–H groups in total. The van der Waals surface area contributed by atoms with E-state index in [1.165, 1.54) is 12.1 Å². The number of aryl methyl sites for hydroxylation is 1. The Morgan fingerprint density at radius 1 is 1.18 bits per heavy atom. The van der Waals surface area contributed by atoms with Crippen LogP contribution in [0.2, 0.25) is 0 Å². The minimum atomic E-state index is -0.892. The van der Waals surface area contributed by atoms with Crippen molar-refractivity contribution in [3.8, 4) is 0 Å². The van der Waals surface area contributed by atoms with Gasteiger partial charge in [-0.05, 0) is 30.2 Å². The average molecular weight is 234 g/mol. The van der Waals surface area contributed by atoms with Crippen molar-refractivity contribution in [2.24, 2.45) is 5.73 Å². The summed E-state index contributed by atoms with van der Waals surface area (Å²) in [6.07, 6.45) is 3.23. The maximum Gasteiger partial charge on any atom is 0.163 e. The molecule has 0 spiro atoms. The number of nitrogens with zero attached hydrogens (tertiary/aromatic N) is 1. The van der Waals surface area contributed by atoms with E-state index in [0.717, 1.165) is 17.2 Å². The lowest BCUT2D eigenvalue weighted by Crippen LogP contribution is -2.15. The largest absolute Gasteiger partial charge is 0.320 e. The average Bonchev–Trinajstić information content (AvgIpc) is 2.32. The highest BCUT2D eigenvalue weighted by atomic mass is 19.2. The van der Waals surface area contributed by atoms with Crippen LogP contribution in [0.3, 0.4) is 0 Å². The van der Waals surface area contributed by atoms with Gasteiger partial charge in [0.15, 0.2) is 11.6 Å². The van der Waals surface area contributed by atoms with Gasteiger partial charge in [-0.2, -0.15) is 0 Å². The summed E-state index contributed by atoms with van der Waals surface area (Å²) in [6.45, 7) is 1.83. The molecule has 88 valence electrons. The van der Waals surface area contributed by atoms with Crippen LogP contribution in [-0.4, -0.2) is 4.98 Å². The van der Waals surface area contributed by atoms with Gasteiger partial charge < -0.3 is 5.73 Å². The molecule has 0 saturated carbocycles. The van der Waals surface area contributed by atoms with Gasteiger partial charge in [-0.25, -0.2) is 8.78 Å². The molecular formula is C13H12F2N2. The van der Waals surface area contributed by atoms with E-state index >= 15 is 0 Å². The molecule has 0 aliphatic carbocycles. The number of hydrogen-bond acceptors (Lipinski definition) is 2. The van der Waals surface area contributed by atoms with E-state index < -0.39 is 17.7 Å². The number of hydrogen-bond donors (Lipinski definition) is 1. The van der Waals surface area contributed by atoms with Crippen molar-refractivity contribution < 1.29 is 8.78 Å². The molecule has 1 unspecified atom stereocenters. The van der Waals surface area contributed by atoms with Crippen LogP contribution in [0, 0.1) is 18.6 Å². The summed E-state index contributed by atoms with van der Waals surface area (Å²) < 4.78 is 26.7. The predicted molar refractivity (Wildman–Crippen MR) is 61.4 cm³/mol. The summed E-state index contributed by atoms with van der Waals surface area (Å²) in [5.41, 5.74) is 7.70. The molecule has 0 amide bonds. The van der Waals surface area contributed by atoms with Crippen molar-refractivity contribution in [3.05, 3.63) is 65.0 Å². The molecular weight excluding hydrogens is 222 g/mol. The summed E-state index contributed by atoms with van der Waals surface area (Å²) >= 11 is 0. The molecule has 2 nitrogen and oxygen atoms in total. The number of benzene rings is 1. The van der Waals surface area contributed by atoms with Crippen molar-refractivity contribution in [1.82, 2.24) is 4.98 Å². The first-order valence-electron chi connectivity index (χ1n) is 5.21. The Morgan fingerprint density at radius 3 is 2.65 bits per heavy atom. The number of pyridine rings is 1. The zero-order valence-electron chi connectivity index (χ0n) is 9.32. The number of nitrogens with two attached hydrogens (primary N) is 1. The molecule has 4 heteroatoms. The Labute approximate surface area is 98.1 Å². The van der Waals surface area contributed by atoms with Crippen LogP contribution in [0.25, 0.3) is 0 Å². The summed E-state index contributed by atoms with van der Waals surface area (Å²) in [6, 6.07) is 5.04. The molecule has 1 aromatic heterocycles. The molecule has 0 fully saturated rings. The maximum absolute atomic E-state index is 13.6. The molecule has 0 aliphatic rings. The van der Waals surface area contributed by atoms with Gasteiger partial charge in [-0.15, -0.1) is 0 Å². The Hall–Kier alpha value is -1.81. The Balaban J connectivity index is 2.48. The molecule has 2 aromatic rings. The highest BCUT2D eigenvalue weighted by Crippen LogP contribution is 2.25. The predicted octanol–water partition coefficient (Wildman–Crippen LogP) is 2.72. The Morgan fingerprint density at radius 2 is 1.94 bits per heavy atom. The van der Waals surface area contributed by atoms with Crippen molar-refractivity contribution in [1.29, 1.82) is 0 Å². The van der Waals surface area contributed by atoms with Crippen molar-refractivity contribution in [2.75, 3.05) is 0 Å². The highest BCUT2D eigenvalue weighted by Gasteiger charge is 2.17. The first-order valence-corrected chi connectivity index (χ1v) is 5.21. The number of halogens is 2. The molecule has 0 aliphatic heterocycles. The number of rotatable bonds is 2. The molecule has 1 aromatic carbocycles. The topological polar surface area (TPSA) is 38.9 Å². The fourth-order valence-corrected chi connectivity index (χ4v) is 1.76. The smallest absolute Gasteiger partial charge is 0.163 e. The van der Waals surface area contributed by atoms with Gasteiger partial charge >= 0.3 is 0 Å². The molecule has 17 heavy (non-hydrogen) atoms. The zero-order valence-corrected chi connectivity index (χ0v) is 9.32. The van der Waals surface area contributed by atoms with Gasteiger partial charge in [0, 0.05) is 18.0 Å². The highest BCUT2D eigenvalue weighted by molar-refractivity contribution is 5.35. The summed E-state index contributed by atoms with van der Waals surface area (Å²) in [4.78, 5) is 3.94. The second kappa shape index (κ2) is 4.59. The van der Waals surface area contributed by atoms with E-state index in [1.807, 2.05) is 6.92 Å². The van der Waals surface area contributed by atoms with E-state index in [1.54, 1.807) is 18.5 Å². The van der Waals surface area contributed by atoms with Gasteiger partial charge in [0.25, 0.3) is 0 Å². The second-order valence-electron chi connectivity index (χ2n) is 3.85. The monoisotopic (exact) mass is 234 g/mol. The lowest BCUT2D eigenvalue weighted by molar-refractivity contribution is 0.494. The molecule has 1 heterocycles. The first kappa shape index (κ1) is 11.7. The van der Waals surface area contributed by atoms with Crippen LogP contribution in [0.15, 0.2) is 36.7 Å². The molecule has 2 rings (SSSR count). The second-order valence-corrected chi connectivity index (χ2v) is 3.85. The van der Waals surface area contributed by atoms with E-state index in [0.29, 0.717) is 0 Å². The lowest BCUT2D eigenvalue weighted by atomic mass is 9.97. The third-order valence-electron chi connectivity index (χ3n) is 2.72. The van der Waals surface area contributed by atoms with E-state index in [2.05, 4.69) is 4.98 Å². The summed E-state index contributed by atoms with van der Waals surface area (Å²) in [5, 5.41) is 0. The third kappa shape index (κ3) is 2.17. The first-order chi connectivity index (χ1) is 8.11. The van der Waals surface area contributed by atoms with Gasteiger partial charge in [-0.3, -0.25) is 4.98 Å². The van der Waals surface area contributed by atoms with Gasteiger partial charge in [0.1, 0.15) is 0 Å². The van der Waals surface area contributed by atoms with E-state index in [4.69, 9.17) is 5.73 Å². The fourth-order valence-electron chi connectivity index (χ4n) is 1.76. The van der Waals surface area contributed by atoms with Gasteiger partial charge in [-0.1, -0.05) is 12.1 Å². The molecule has 0 saturated heterocycles. The molecule has 0 radical (unpaired) electrons. The summed E-state index contributed by atoms with van der Waals surface area (Å²) in [5.74, 6) is -1.78. The third-order valence-corrected chi connectivity index (χ3v) is 2.72. The summed E-state index contributed by atoms with van der Waals surface area (Å²) in [7, 11) is 0. The van der Waals surface area contributed by atoms with Crippen LogP contribution in [0.1, 0.15) is 22.7 Å². The normalized spacial score (nSPS) is 12.5. The van der Waals surface area contributed by atoms with E-state index in [-0.39, 0.29) is 5.56 Å². The van der Waals surface area contributed by atoms with Gasteiger partial charge in [0.05, 0.1) is 6.04 Å². The quantitative estimate of drug-likeness (QED) is 0.867. The van der Waals surface area contributed by atoms with Crippen LogP contribution in [0.4, 0.5) is 8.78 Å². The zero-order chi connectivity index (χ0) is 12.4. The van der Waals surface area contributed by atoms with Crippen LogP contribution in [0.5, 0.6) is 0 Å². The van der Waals surface area contributed by atoms with Crippen LogP contribution < -0.4 is 5.73 Å². The minimum absolute atomic E-state index is 0.152. The van der Waals surface area contributed by atoms with Crippen LogP contribution >= 0.6 is 0 Å². The standard InChI is InChI=1S/C13H12F2N2/c1-8-7-17-6-5-9(8)13(16)10-3-2-4-11(14)12(10)15/h2-7,13H,16H2,1H3. The Kier molecular flexibility index (Phi) is 3.15. The molecule has 0 bridgehead atoms. The maximum atomic E-state index is 13.6. The lowest BCUT2D eigenvalue weighted by Gasteiger charge is -2.15. The van der Waals surface area contributed by atoms with Crippen molar-refractivity contribution in [3.63, 3.8) is 0 Å². The van der Waals surface area contributed by atoms with Gasteiger partial charge in [0.2, 0.25) is 0 Å². The minimum Gasteiger partial charge on any atom is -0.320 e. The molecule has 1 atom stereocenters.